The largest absolute Gasteiger partial charge is 0.309 e. The maximum Gasteiger partial charge on any atom is 0.259 e. The third-order valence-corrected chi connectivity index (χ3v) is 6.52. The van der Waals surface area contributed by atoms with E-state index in [1.807, 2.05) is 32.9 Å². The number of fused-ring (bicyclic) bond motifs is 2. The molecule has 4 rings (SSSR count). The molecule has 6 nitrogen and oxygen atoms in total. The predicted molar refractivity (Wildman–Crippen MR) is 111 cm³/mol. The number of thiophene rings is 1. The summed E-state index contributed by atoms with van der Waals surface area (Å²) in [6.45, 7) is 5.89. The zero-order chi connectivity index (χ0) is 19.1. The minimum absolute atomic E-state index is 0.0863. The molecule has 1 N–H and O–H groups in total. The van der Waals surface area contributed by atoms with E-state index in [1.54, 1.807) is 39.8 Å². The van der Waals surface area contributed by atoms with E-state index in [0.717, 1.165) is 26.5 Å². The van der Waals surface area contributed by atoms with E-state index in [4.69, 9.17) is 0 Å². The van der Waals surface area contributed by atoms with Crippen LogP contribution in [0, 0.1) is 20.8 Å². The second-order valence-electron chi connectivity index (χ2n) is 6.49. The van der Waals surface area contributed by atoms with Gasteiger partial charge in [0.15, 0.2) is 0 Å². The van der Waals surface area contributed by atoms with Gasteiger partial charge in [-0.25, -0.2) is 9.97 Å². The highest BCUT2D eigenvalue weighted by Gasteiger charge is 2.12. The highest BCUT2D eigenvalue weighted by atomic mass is 32.2. The van der Waals surface area contributed by atoms with E-state index < -0.39 is 0 Å². The molecule has 4 aromatic heterocycles. The van der Waals surface area contributed by atoms with Crippen LogP contribution in [-0.4, -0.2) is 19.4 Å². The van der Waals surface area contributed by atoms with Crippen LogP contribution in [0.1, 0.15) is 27.5 Å². The van der Waals surface area contributed by atoms with Gasteiger partial charge < -0.3 is 4.98 Å². The lowest BCUT2D eigenvalue weighted by Gasteiger charge is -2.05. The molecule has 0 saturated carbocycles. The van der Waals surface area contributed by atoms with Crippen molar-refractivity contribution in [2.24, 2.45) is 0 Å². The van der Waals surface area contributed by atoms with Gasteiger partial charge in [-0.05, 0) is 38.0 Å². The summed E-state index contributed by atoms with van der Waals surface area (Å²) in [6.07, 6.45) is 1.79. The molecule has 0 fully saturated rings. The smallest absolute Gasteiger partial charge is 0.259 e. The van der Waals surface area contributed by atoms with Crippen LogP contribution in [0.5, 0.6) is 0 Å². The number of aromatic amines is 1. The van der Waals surface area contributed by atoms with Crippen molar-refractivity contribution in [3.8, 4) is 0 Å². The minimum atomic E-state index is -0.0881. The second-order valence-corrected chi connectivity index (χ2v) is 8.68. The summed E-state index contributed by atoms with van der Waals surface area (Å²) in [6, 6.07) is 5.34. The van der Waals surface area contributed by atoms with Gasteiger partial charge in [-0.1, -0.05) is 6.07 Å². The van der Waals surface area contributed by atoms with E-state index in [-0.39, 0.29) is 11.1 Å². The van der Waals surface area contributed by atoms with Crippen molar-refractivity contribution in [1.29, 1.82) is 0 Å². The number of aryl methyl sites for hydroxylation is 3. The zero-order valence-corrected chi connectivity index (χ0v) is 16.8. The number of aromatic nitrogens is 4. The summed E-state index contributed by atoms with van der Waals surface area (Å²) in [5.41, 5.74) is 3.20. The number of rotatable bonds is 4. The van der Waals surface area contributed by atoms with Crippen molar-refractivity contribution in [2.75, 3.05) is 0 Å². The fourth-order valence-corrected chi connectivity index (χ4v) is 4.79. The maximum absolute atomic E-state index is 12.3. The third kappa shape index (κ3) is 3.42. The van der Waals surface area contributed by atoms with Crippen molar-refractivity contribution >= 4 is 39.0 Å². The number of nitrogens with one attached hydrogen (secondary N) is 1. The summed E-state index contributed by atoms with van der Waals surface area (Å²) in [7, 11) is 0. The van der Waals surface area contributed by atoms with Crippen LogP contribution >= 0.6 is 23.1 Å². The molecule has 0 spiro atoms. The van der Waals surface area contributed by atoms with Gasteiger partial charge in [-0.2, -0.15) is 0 Å². The topological polar surface area (TPSA) is 80.1 Å². The van der Waals surface area contributed by atoms with Crippen molar-refractivity contribution in [1.82, 2.24) is 19.4 Å². The van der Waals surface area contributed by atoms with E-state index in [1.165, 1.54) is 0 Å². The predicted octanol–water partition coefficient (Wildman–Crippen LogP) is 3.35. The lowest BCUT2D eigenvalue weighted by Crippen LogP contribution is -2.15. The Balaban J connectivity index is 1.54. The molecule has 0 aliphatic rings. The molecule has 0 unspecified atom stereocenters. The molecule has 0 aliphatic heterocycles. The van der Waals surface area contributed by atoms with E-state index in [2.05, 4.69) is 15.0 Å². The average Bonchev–Trinajstić information content (AvgIpc) is 2.90. The molecule has 0 amide bonds. The Hall–Kier alpha value is -2.45. The lowest BCUT2D eigenvalue weighted by molar-refractivity contribution is 0.999. The Morgan fingerprint density at radius 3 is 2.78 bits per heavy atom. The van der Waals surface area contributed by atoms with Crippen molar-refractivity contribution in [3.05, 3.63) is 72.6 Å². The molecule has 4 aromatic rings. The first-order valence-corrected chi connectivity index (χ1v) is 10.4. The molecule has 27 heavy (non-hydrogen) atoms. The van der Waals surface area contributed by atoms with Gasteiger partial charge in [-0.3, -0.25) is 14.0 Å². The molecule has 138 valence electrons. The molecule has 0 saturated heterocycles. The fourth-order valence-electron chi connectivity index (χ4n) is 2.95. The van der Waals surface area contributed by atoms with Gasteiger partial charge in [0.2, 0.25) is 0 Å². The first kappa shape index (κ1) is 17.9. The first-order chi connectivity index (χ1) is 12.9. The molecule has 0 atom stereocenters. The Bertz CT molecular complexity index is 1290. The molecular formula is C19H18N4O2S2. The standard InChI is InChI=1S/C19H18N4O2S2/c1-10-4-5-15-20-13(6-16(24)23(15)7-10)8-26-9-14-21-18(25)17-11(2)12(3)27-19(17)22-14/h4-7H,8-9H2,1-3H3,(H,21,22,25). The molecular weight excluding hydrogens is 380 g/mol. The van der Waals surface area contributed by atoms with Gasteiger partial charge in [0, 0.05) is 22.9 Å². The summed E-state index contributed by atoms with van der Waals surface area (Å²) in [5, 5.41) is 0.686. The van der Waals surface area contributed by atoms with Gasteiger partial charge >= 0.3 is 0 Å². The van der Waals surface area contributed by atoms with Crippen molar-refractivity contribution in [2.45, 2.75) is 32.3 Å². The molecule has 0 aliphatic carbocycles. The van der Waals surface area contributed by atoms with Crippen LogP contribution in [0.2, 0.25) is 0 Å². The Morgan fingerprint density at radius 1 is 1.15 bits per heavy atom. The second kappa shape index (κ2) is 6.94. The zero-order valence-electron chi connectivity index (χ0n) is 15.2. The van der Waals surface area contributed by atoms with E-state index in [9.17, 15) is 9.59 Å². The van der Waals surface area contributed by atoms with E-state index >= 15 is 0 Å². The lowest BCUT2D eigenvalue weighted by atomic mass is 10.2. The SMILES string of the molecule is Cc1ccc2nc(CSCc3nc4sc(C)c(C)c4c(=O)[nH]3)cc(=O)n2c1. The van der Waals surface area contributed by atoms with Gasteiger partial charge in [0.05, 0.1) is 16.8 Å². The normalized spacial score (nSPS) is 11.5. The summed E-state index contributed by atoms with van der Waals surface area (Å²) >= 11 is 3.11. The van der Waals surface area contributed by atoms with Crippen LogP contribution in [0.3, 0.4) is 0 Å². The number of pyridine rings is 1. The van der Waals surface area contributed by atoms with Crippen molar-refractivity contribution < 1.29 is 0 Å². The van der Waals surface area contributed by atoms with Crippen LogP contribution in [0.4, 0.5) is 0 Å². The molecule has 0 bridgehead atoms. The van der Waals surface area contributed by atoms with Crippen LogP contribution in [-0.2, 0) is 11.5 Å². The average molecular weight is 399 g/mol. The number of hydrogen-bond acceptors (Lipinski definition) is 6. The molecule has 4 heterocycles. The van der Waals surface area contributed by atoms with Crippen molar-refractivity contribution in [3.63, 3.8) is 0 Å². The highest BCUT2D eigenvalue weighted by Crippen LogP contribution is 2.26. The molecule has 0 radical (unpaired) electrons. The quantitative estimate of drug-likeness (QED) is 0.570. The minimum Gasteiger partial charge on any atom is -0.309 e. The summed E-state index contributed by atoms with van der Waals surface area (Å²) < 4.78 is 1.55. The Morgan fingerprint density at radius 2 is 1.96 bits per heavy atom. The van der Waals surface area contributed by atoms with E-state index in [0.29, 0.717) is 28.4 Å². The number of H-pyrrole nitrogens is 1. The Labute approximate surface area is 163 Å². The van der Waals surface area contributed by atoms with Crippen LogP contribution < -0.4 is 11.1 Å². The number of nitrogens with zero attached hydrogens (tertiary/aromatic N) is 3. The van der Waals surface area contributed by atoms with Crippen LogP contribution in [0.25, 0.3) is 15.9 Å². The van der Waals surface area contributed by atoms with Crippen LogP contribution in [0.15, 0.2) is 34.0 Å². The van der Waals surface area contributed by atoms with Gasteiger partial charge in [0.25, 0.3) is 11.1 Å². The summed E-state index contributed by atoms with van der Waals surface area (Å²) in [4.78, 5) is 38.5. The molecule has 8 heteroatoms. The summed E-state index contributed by atoms with van der Waals surface area (Å²) in [5.74, 6) is 1.77. The highest BCUT2D eigenvalue weighted by molar-refractivity contribution is 7.97. The first-order valence-electron chi connectivity index (χ1n) is 8.48. The third-order valence-electron chi connectivity index (χ3n) is 4.44. The van der Waals surface area contributed by atoms with Gasteiger partial charge in [-0.15, -0.1) is 23.1 Å². The maximum atomic E-state index is 12.3. The number of hydrogen-bond donors (Lipinski definition) is 1. The van der Waals surface area contributed by atoms with Gasteiger partial charge in [0.1, 0.15) is 16.3 Å². The Kier molecular flexibility index (Phi) is 4.61. The molecule has 0 aromatic carbocycles. The number of thioether (sulfide) groups is 1. The fraction of sp³-hybridized carbons (Fsp3) is 0.263. The monoisotopic (exact) mass is 398 g/mol.